The molecule has 0 atom stereocenters. The summed E-state index contributed by atoms with van der Waals surface area (Å²) in [4.78, 5) is 30.1. The Morgan fingerprint density at radius 2 is 1.88 bits per heavy atom. The van der Waals surface area contributed by atoms with E-state index in [0.717, 1.165) is 28.7 Å². The van der Waals surface area contributed by atoms with Crippen LogP contribution in [0.1, 0.15) is 51.6 Å². The highest BCUT2D eigenvalue weighted by Crippen LogP contribution is 2.26. The Morgan fingerprint density at radius 3 is 2.64 bits per heavy atom. The molecular weight excluding hydrogens is 400 g/mol. The number of Topliss-reactive ketones (excluding diaryl/α,β-unsaturated/α-hetero) is 1. The molecule has 1 N–H and O–H groups in total. The fourth-order valence-corrected chi connectivity index (χ4v) is 4.34. The van der Waals surface area contributed by atoms with Crippen molar-refractivity contribution in [3.63, 3.8) is 0 Å². The zero-order valence-corrected chi connectivity index (χ0v) is 16.4. The second kappa shape index (κ2) is 8.72. The molecule has 1 aromatic carbocycles. The number of nitrogens with one attached hydrogen (secondary N) is 1. The predicted octanol–water partition coefficient (Wildman–Crippen LogP) is 4.11. The van der Waals surface area contributed by atoms with E-state index in [0.29, 0.717) is 12.1 Å². The summed E-state index contributed by atoms with van der Waals surface area (Å²) < 4.78 is 0.936. The van der Waals surface area contributed by atoms with Gasteiger partial charge in [-0.25, -0.2) is 4.98 Å². The van der Waals surface area contributed by atoms with Crippen LogP contribution in [0, 0.1) is 0 Å². The van der Waals surface area contributed by atoms with Crippen molar-refractivity contribution in [2.24, 2.45) is 0 Å². The van der Waals surface area contributed by atoms with Crippen LogP contribution in [-0.2, 0) is 24.1 Å². The number of benzene rings is 1. The number of halogens is 1. The monoisotopic (exact) mass is 420 g/mol. The van der Waals surface area contributed by atoms with E-state index in [-0.39, 0.29) is 24.5 Å². The molecule has 0 fully saturated rings. The van der Waals surface area contributed by atoms with Crippen LogP contribution in [-0.4, -0.2) is 23.2 Å². The number of amides is 1. The van der Waals surface area contributed by atoms with E-state index in [4.69, 9.17) is 0 Å². The Kier molecular flexibility index (Phi) is 6.37. The molecule has 1 aromatic heterocycles. The molecule has 6 heteroatoms. The number of nitrogens with zero attached hydrogens (tertiary/aromatic N) is 1. The van der Waals surface area contributed by atoms with Gasteiger partial charge in [0.25, 0.3) is 0 Å². The summed E-state index contributed by atoms with van der Waals surface area (Å²) in [5, 5.41) is 4.00. The average molecular weight is 421 g/mol. The fourth-order valence-electron chi connectivity index (χ4n) is 2.92. The van der Waals surface area contributed by atoms with Crippen LogP contribution < -0.4 is 5.32 Å². The van der Waals surface area contributed by atoms with Gasteiger partial charge < -0.3 is 5.32 Å². The van der Waals surface area contributed by atoms with Crippen molar-refractivity contribution < 1.29 is 9.59 Å². The lowest BCUT2D eigenvalue weighted by molar-refractivity contribution is -0.121. The van der Waals surface area contributed by atoms with Gasteiger partial charge in [-0.3, -0.25) is 9.59 Å². The van der Waals surface area contributed by atoms with Crippen LogP contribution in [0.3, 0.4) is 0 Å². The first-order chi connectivity index (χ1) is 12.1. The van der Waals surface area contributed by atoms with E-state index >= 15 is 0 Å². The molecule has 1 heterocycles. The molecule has 132 valence electrons. The third-order valence-electron chi connectivity index (χ3n) is 4.30. The highest BCUT2D eigenvalue weighted by Gasteiger charge is 2.15. The standard InChI is InChI=1S/C19H21BrN2O2S/c20-14-7-5-13(6-8-14)16(23)9-10-18(24)21-12-11-19-22-15-3-1-2-4-17(15)25-19/h5-8H,1-4,9-12H2,(H,21,24). The largest absolute Gasteiger partial charge is 0.356 e. The molecule has 0 saturated heterocycles. The van der Waals surface area contributed by atoms with Crippen molar-refractivity contribution in [1.82, 2.24) is 10.3 Å². The van der Waals surface area contributed by atoms with Crippen LogP contribution in [0.5, 0.6) is 0 Å². The van der Waals surface area contributed by atoms with Gasteiger partial charge in [-0.1, -0.05) is 28.1 Å². The maximum Gasteiger partial charge on any atom is 0.220 e. The third-order valence-corrected chi connectivity index (χ3v) is 6.04. The van der Waals surface area contributed by atoms with Crippen LogP contribution >= 0.6 is 27.3 Å². The summed E-state index contributed by atoms with van der Waals surface area (Å²) >= 11 is 5.13. The normalized spacial score (nSPS) is 13.3. The van der Waals surface area contributed by atoms with Gasteiger partial charge in [-0.15, -0.1) is 11.3 Å². The smallest absolute Gasteiger partial charge is 0.220 e. The predicted molar refractivity (Wildman–Crippen MR) is 103 cm³/mol. The Hall–Kier alpha value is -1.53. The molecule has 1 aliphatic rings. The molecule has 0 radical (unpaired) electrons. The van der Waals surface area contributed by atoms with Crippen molar-refractivity contribution in [1.29, 1.82) is 0 Å². The minimum atomic E-state index is -0.0771. The molecule has 1 aliphatic carbocycles. The fraction of sp³-hybridized carbons (Fsp3) is 0.421. The van der Waals surface area contributed by atoms with Gasteiger partial charge in [0.2, 0.25) is 5.91 Å². The number of carbonyl (C=O) groups excluding carboxylic acids is 2. The first kappa shape index (κ1) is 18.3. The van der Waals surface area contributed by atoms with Crippen LogP contribution in [0.2, 0.25) is 0 Å². The Balaban J connectivity index is 1.38. The summed E-state index contributed by atoms with van der Waals surface area (Å²) in [6.07, 6.45) is 5.97. The Bertz CT molecular complexity index is 732. The molecule has 0 aliphatic heterocycles. The van der Waals surface area contributed by atoms with Crippen molar-refractivity contribution in [2.45, 2.75) is 44.9 Å². The van der Waals surface area contributed by atoms with E-state index in [1.165, 1.54) is 23.4 Å². The van der Waals surface area contributed by atoms with Gasteiger partial charge in [-0.05, 0) is 37.8 Å². The van der Waals surface area contributed by atoms with Gasteiger partial charge in [0.1, 0.15) is 0 Å². The molecule has 0 spiro atoms. The van der Waals surface area contributed by atoms with Gasteiger partial charge in [0.15, 0.2) is 5.78 Å². The van der Waals surface area contributed by atoms with Gasteiger partial charge in [0, 0.05) is 40.7 Å². The summed E-state index contributed by atoms with van der Waals surface area (Å²) in [6, 6.07) is 7.21. The first-order valence-electron chi connectivity index (χ1n) is 8.65. The molecule has 0 saturated carbocycles. The quantitative estimate of drug-likeness (QED) is 0.685. The van der Waals surface area contributed by atoms with Gasteiger partial charge in [0.05, 0.1) is 10.7 Å². The second-order valence-electron chi connectivity index (χ2n) is 6.21. The number of aromatic nitrogens is 1. The van der Waals surface area contributed by atoms with E-state index in [1.54, 1.807) is 23.5 Å². The number of thiazole rings is 1. The number of rotatable bonds is 7. The molecule has 0 unspecified atom stereocenters. The van der Waals surface area contributed by atoms with E-state index in [1.807, 2.05) is 12.1 Å². The van der Waals surface area contributed by atoms with Gasteiger partial charge in [-0.2, -0.15) is 0 Å². The van der Waals surface area contributed by atoms with Crippen molar-refractivity contribution >= 4 is 39.0 Å². The van der Waals surface area contributed by atoms with E-state index < -0.39 is 0 Å². The third kappa shape index (κ3) is 5.22. The topological polar surface area (TPSA) is 59.1 Å². The zero-order valence-electron chi connectivity index (χ0n) is 14.0. The maximum absolute atomic E-state index is 12.1. The number of fused-ring (bicyclic) bond motifs is 1. The lowest BCUT2D eigenvalue weighted by Crippen LogP contribution is -2.26. The van der Waals surface area contributed by atoms with E-state index in [2.05, 4.69) is 26.2 Å². The minimum absolute atomic E-state index is 0.00440. The van der Waals surface area contributed by atoms with Gasteiger partial charge >= 0.3 is 0 Å². The Morgan fingerprint density at radius 1 is 1.12 bits per heavy atom. The first-order valence-corrected chi connectivity index (χ1v) is 10.3. The van der Waals surface area contributed by atoms with Crippen LogP contribution in [0.4, 0.5) is 0 Å². The van der Waals surface area contributed by atoms with E-state index in [9.17, 15) is 9.59 Å². The number of ketones is 1. The summed E-state index contributed by atoms with van der Waals surface area (Å²) in [7, 11) is 0. The molecular formula is C19H21BrN2O2S. The van der Waals surface area contributed by atoms with Crippen molar-refractivity contribution in [3.05, 3.63) is 49.9 Å². The van der Waals surface area contributed by atoms with Crippen molar-refractivity contribution in [3.8, 4) is 0 Å². The molecule has 1 amide bonds. The summed E-state index contributed by atoms with van der Waals surface area (Å²) in [6.45, 7) is 0.581. The lowest BCUT2D eigenvalue weighted by atomic mass is 10.0. The average Bonchev–Trinajstić information content (AvgIpc) is 3.03. The lowest BCUT2D eigenvalue weighted by Gasteiger charge is -2.06. The van der Waals surface area contributed by atoms with Crippen LogP contribution in [0.15, 0.2) is 28.7 Å². The molecule has 4 nitrogen and oxygen atoms in total. The molecule has 2 aromatic rings. The maximum atomic E-state index is 12.1. The Labute approximate surface area is 160 Å². The zero-order chi connectivity index (χ0) is 17.6. The second-order valence-corrected chi connectivity index (χ2v) is 8.30. The highest BCUT2D eigenvalue weighted by molar-refractivity contribution is 9.10. The number of hydrogen-bond acceptors (Lipinski definition) is 4. The number of aryl methyl sites for hydroxylation is 2. The number of carbonyl (C=O) groups is 2. The summed E-state index contributed by atoms with van der Waals surface area (Å²) in [5.74, 6) is -0.0815. The SMILES string of the molecule is O=C(CCC(=O)c1ccc(Br)cc1)NCCc1nc2c(s1)CCCC2. The molecule has 25 heavy (non-hydrogen) atoms. The highest BCUT2D eigenvalue weighted by atomic mass is 79.9. The molecule has 3 rings (SSSR count). The summed E-state index contributed by atoms with van der Waals surface area (Å²) in [5.41, 5.74) is 1.90. The number of hydrogen-bond donors (Lipinski definition) is 1. The van der Waals surface area contributed by atoms with Crippen molar-refractivity contribution in [2.75, 3.05) is 6.54 Å². The van der Waals surface area contributed by atoms with Crippen LogP contribution in [0.25, 0.3) is 0 Å². The minimum Gasteiger partial charge on any atom is -0.356 e. The molecule has 0 bridgehead atoms.